The Balaban J connectivity index is 2.14. The van der Waals surface area contributed by atoms with Crippen molar-refractivity contribution in [1.29, 1.82) is 0 Å². The van der Waals surface area contributed by atoms with Gasteiger partial charge in [-0.2, -0.15) is 5.10 Å². The fourth-order valence-electron chi connectivity index (χ4n) is 2.19. The maximum Gasteiger partial charge on any atom is 0.312 e. The van der Waals surface area contributed by atoms with Gasteiger partial charge in [0.2, 0.25) is 11.8 Å². The molecule has 1 aromatic heterocycles. The van der Waals surface area contributed by atoms with Crippen LogP contribution in [-0.4, -0.2) is 51.1 Å². The Labute approximate surface area is 114 Å². The van der Waals surface area contributed by atoms with Crippen LogP contribution in [0.25, 0.3) is 0 Å². The van der Waals surface area contributed by atoms with Crippen LogP contribution in [0.15, 0.2) is 0 Å². The number of hydrogen-bond acceptors (Lipinski definition) is 5. The van der Waals surface area contributed by atoms with E-state index in [9.17, 15) is 19.7 Å². The zero-order valence-corrected chi connectivity index (χ0v) is 11.3. The number of piperazine rings is 1. The number of aromatic nitrogens is 2. The van der Waals surface area contributed by atoms with Gasteiger partial charge in [0, 0.05) is 13.1 Å². The first-order chi connectivity index (χ1) is 9.40. The van der Waals surface area contributed by atoms with Crippen molar-refractivity contribution in [3.63, 3.8) is 0 Å². The molecular weight excluding hydrogens is 266 g/mol. The van der Waals surface area contributed by atoms with Crippen molar-refractivity contribution in [3.05, 3.63) is 21.5 Å². The van der Waals surface area contributed by atoms with E-state index in [1.165, 1.54) is 16.5 Å². The highest BCUT2D eigenvalue weighted by molar-refractivity contribution is 5.85. The molecule has 1 aliphatic heterocycles. The van der Waals surface area contributed by atoms with Gasteiger partial charge in [-0.3, -0.25) is 24.4 Å². The summed E-state index contributed by atoms with van der Waals surface area (Å²) in [5.41, 5.74) is 0.535. The van der Waals surface area contributed by atoms with Gasteiger partial charge < -0.3 is 10.2 Å². The molecule has 20 heavy (non-hydrogen) atoms. The van der Waals surface area contributed by atoms with Crippen LogP contribution in [0.2, 0.25) is 0 Å². The lowest BCUT2D eigenvalue weighted by molar-refractivity contribution is -0.386. The van der Waals surface area contributed by atoms with Crippen LogP contribution >= 0.6 is 0 Å². The number of amides is 2. The second-order valence-electron chi connectivity index (χ2n) is 4.60. The molecule has 0 radical (unpaired) electrons. The molecule has 0 spiro atoms. The largest absolute Gasteiger partial charge is 0.353 e. The van der Waals surface area contributed by atoms with E-state index in [1.54, 1.807) is 6.92 Å². The third-order valence-corrected chi connectivity index (χ3v) is 3.20. The minimum atomic E-state index is -0.507. The predicted molar refractivity (Wildman–Crippen MR) is 67.9 cm³/mol. The Morgan fingerprint density at radius 3 is 2.75 bits per heavy atom. The number of nitrogens with zero attached hydrogens (tertiary/aromatic N) is 4. The molecule has 0 saturated carbocycles. The van der Waals surface area contributed by atoms with Gasteiger partial charge in [0.1, 0.15) is 17.9 Å². The molecule has 2 amide bonds. The molecule has 9 heteroatoms. The smallest absolute Gasteiger partial charge is 0.312 e. The molecule has 108 valence electrons. The highest BCUT2D eigenvalue weighted by Gasteiger charge is 2.26. The summed E-state index contributed by atoms with van der Waals surface area (Å²) < 4.78 is 1.31. The molecule has 1 fully saturated rings. The average molecular weight is 281 g/mol. The van der Waals surface area contributed by atoms with Crippen molar-refractivity contribution in [2.24, 2.45) is 0 Å². The summed E-state index contributed by atoms with van der Waals surface area (Å²) in [7, 11) is 0. The Kier molecular flexibility index (Phi) is 3.68. The summed E-state index contributed by atoms with van der Waals surface area (Å²) in [6.07, 6.45) is 0. The molecular formula is C11H15N5O4. The summed E-state index contributed by atoms with van der Waals surface area (Å²) in [5, 5.41) is 17.5. The number of carbonyl (C=O) groups excluding carboxylic acids is 2. The van der Waals surface area contributed by atoms with Gasteiger partial charge in [0.25, 0.3) is 0 Å². The van der Waals surface area contributed by atoms with E-state index in [0.717, 1.165) is 0 Å². The van der Waals surface area contributed by atoms with Crippen LogP contribution < -0.4 is 5.32 Å². The minimum absolute atomic E-state index is 0.0141. The molecule has 0 unspecified atom stereocenters. The zero-order chi connectivity index (χ0) is 14.9. The van der Waals surface area contributed by atoms with Gasteiger partial charge >= 0.3 is 5.69 Å². The fraction of sp³-hybridized carbons (Fsp3) is 0.545. The predicted octanol–water partition coefficient (Wildman–Crippen LogP) is -0.633. The molecule has 0 aliphatic carbocycles. The first-order valence-electron chi connectivity index (χ1n) is 6.13. The van der Waals surface area contributed by atoms with Crippen LogP contribution in [0.4, 0.5) is 5.69 Å². The van der Waals surface area contributed by atoms with Crippen LogP contribution in [0.3, 0.4) is 0 Å². The molecule has 1 aliphatic rings. The quantitative estimate of drug-likeness (QED) is 0.585. The van der Waals surface area contributed by atoms with Crippen LogP contribution in [0.5, 0.6) is 0 Å². The van der Waals surface area contributed by atoms with Gasteiger partial charge in [-0.25, -0.2) is 0 Å². The summed E-state index contributed by atoms with van der Waals surface area (Å²) in [6.45, 7) is 3.84. The Bertz CT molecular complexity index is 580. The molecule has 0 aromatic carbocycles. The third kappa shape index (κ3) is 2.60. The topological polar surface area (TPSA) is 110 Å². The van der Waals surface area contributed by atoms with E-state index in [-0.39, 0.29) is 36.3 Å². The summed E-state index contributed by atoms with van der Waals surface area (Å²) >= 11 is 0. The van der Waals surface area contributed by atoms with Gasteiger partial charge in [-0.05, 0) is 13.8 Å². The van der Waals surface area contributed by atoms with Crippen molar-refractivity contribution in [2.75, 3.05) is 19.6 Å². The lowest BCUT2D eigenvalue weighted by Crippen LogP contribution is -2.50. The van der Waals surface area contributed by atoms with E-state index in [4.69, 9.17) is 0 Å². The van der Waals surface area contributed by atoms with Gasteiger partial charge in [0.05, 0.1) is 11.5 Å². The lowest BCUT2D eigenvalue weighted by atomic mass is 10.3. The molecule has 2 rings (SSSR count). The van der Waals surface area contributed by atoms with Crippen LogP contribution in [-0.2, 0) is 16.1 Å². The van der Waals surface area contributed by atoms with E-state index in [1.807, 2.05) is 0 Å². The second kappa shape index (κ2) is 5.27. The highest BCUT2D eigenvalue weighted by atomic mass is 16.6. The molecule has 0 atom stereocenters. The Hall–Kier alpha value is -2.45. The molecule has 2 heterocycles. The number of nitro groups is 1. The maximum atomic E-state index is 12.1. The number of nitrogens with one attached hydrogen (secondary N) is 1. The standard InChI is InChI=1S/C11H15N5O4/c1-7-11(16(19)20)8(2)15(13-7)6-10(18)14-4-3-12-9(17)5-14/h3-6H2,1-2H3,(H,12,17). The maximum absolute atomic E-state index is 12.1. The summed E-state index contributed by atoms with van der Waals surface area (Å²) in [6, 6.07) is 0. The van der Waals surface area contributed by atoms with Crippen LogP contribution in [0, 0.1) is 24.0 Å². The number of hydrogen-bond donors (Lipinski definition) is 1. The average Bonchev–Trinajstić information content (AvgIpc) is 2.64. The third-order valence-electron chi connectivity index (χ3n) is 3.20. The van der Waals surface area contributed by atoms with Crippen molar-refractivity contribution in [3.8, 4) is 0 Å². The summed E-state index contributed by atoms with van der Waals surface area (Å²) in [5.74, 6) is -0.482. The van der Waals surface area contributed by atoms with E-state index >= 15 is 0 Å². The normalized spacial score (nSPS) is 15.1. The van der Waals surface area contributed by atoms with Crippen molar-refractivity contribution in [2.45, 2.75) is 20.4 Å². The molecule has 9 nitrogen and oxygen atoms in total. The number of carbonyl (C=O) groups is 2. The molecule has 1 saturated heterocycles. The minimum Gasteiger partial charge on any atom is -0.353 e. The van der Waals surface area contributed by atoms with Crippen molar-refractivity contribution >= 4 is 17.5 Å². The Morgan fingerprint density at radius 1 is 1.50 bits per heavy atom. The van der Waals surface area contributed by atoms with Crippen molar-refractivity contribution < 1.29 is 14.5 Å². The number of aryl methyl sites for hydroxylation is 1. The lowest BCUT2D eigenvalue weighted by Gasteiger charge is -2.26. The highest BCUT2D eigenvalue weighted by Crippen LogP contribution is 2.21. The van der Waals surface area contributed by atoms with Gasteiger partial charge in [0.15, 0.2) is 0 Å². The van der Waals surface area contributed by atoms with E-state index < -0.39 is 4.92 Å². The van der Waals surface area contributed by atoms with Crippen LogP contribution in [0.1, 0.15) is 11.4 Å². The first-order valence-corrected chi connectivity index (χ1v) is 6.13. The SMILES string of the molecule is Cc1nn(CC(=O)N2CCNC(=O)C2)c(C)c1[N+](=O)[O-]. The van der Waals surface area contributed by atoms with Crippen molar-refractivity contribution in [1.82, 2.24) is 20.0 Å². The summed E-state index contributed by atoms with van der Waals surface area (Å²) in [4.78, 5) is 35.1. The molecule has 1 N–H and O–H groups in total. The molecule has 1 aromatic rings. The van der Waals surface area contributed by atoms with E-state index in [0.29, 0.717) is 18.8 Å². The fourth-order valence-corrected chi connectivity index (χ4v) is 2.19. The Morgan fingerprint density at radius 2 is 2.20 bits per heavy atom. The first kappa shape index (κ1) is 14.0. The second-order valence-corrected chi connectivity index (χ2v) is 4.60. The molecule has 0 bridgehead atoms. The van der Waals surface area contributed by atoms with Gasteiger partial charge in [-0.15, -0.1) is 0 Å². The van der Waals surface area contributed by atoms with E-state index in [2.05, 4.69) is 10.4 Å². The monoisotopic (exact) mass is 281 g/mol. The number of rotatable bonds is 3. The zero-order valence-electron chi connectivity index (χ0n) is 11.3. The van der Waals surface area contributed by atoms with Gasteiger partial charge in [-0.1, -0.05) is 0 Å².